The first-order valence-corrected chi connectivity index (χ1v) is 14.4. The van der Waals surface area contributed by atoms with E-state index in [4.69, 9.17) is 8.83 Å². The molecule has 0 amide bonds. The summed E-state index contributed by atoms with van der Waals surface area (Å²) in [6.45, 7) is -0.134. The molecule has 0 radical (unpaired) electrons. The van der Waals surface area contributed by atoms with Crippen molar-refractivity contribution >= 4 is 90.8 Å². The summed E-state index contributed by atoms with van der Waals surface area (Å²) >= 11 is 0. The maximum atomic E-state index is 6.62. The molecule has 0 atom stereocenters. The lowest BCUT2D eigenvalue weighted by Crippen LogP contribution is -2.64. The van der Waals surface area contributed by atoms with Gasteiger partial charge in [-0.3, -0.25) is 9.84 Å². The topological polar surface area (TPSA) is 32.8 Å². The number of para-hydroxylation sites is 6. The molecule has 2 aromatic heterocycles. The van der Waals surface area contributed by atoms with Crippen LogP contribution in [-0.4, -0.2) is 18.5 Å². The summed E-state index contributed by atoms with van der Waals surface area (Å²) in [6, 6.07) is 47.4. The van der Waals surface area contributed by atoms with E-state index in [1.807, 2.05) is 12.1 Å². The SMILES string of the molecule is c1ccc2c(c1)B(c1cccc3c1oc1ccccc13)N1B(c3cccc4c3oc3ccccc34)c3ccccc3N21. The van der Waals surface area contributed by atoms with Gasteiger partial charge in [0.15, 0.2) is 0 Å². The third kappa shape index (κ3) is 2.82. The Kier molecular flexibility index (Phi) is 4.38. The van der Waals surface area contributed by atoms with Gasteiger partial charge in [-0.05, 0) is 46.1 Å². The van der Waals surface area contributed by atoms with Crippen LogP contribution in [0.15, 0.2) is 142 Å². The van der Waals surface area contributed by atoms with E-state index in [0.29, 0.717) is 0 Å². The highest BCUT2D eigenvalue weighted by Gasteiger charge is 2.54. The van der Waals surface area contributed by atoms with Crippen LogP contribution in [0.3, 0.4) is 0 Å². The molecule has 6 heteroatoms. The van der Waals surface area contributed by atoms with Crippen molar-refractivity contribution in [3.8, 4) is 0 Å². The van der Waals surface area contributed by atoms with Crippen LogP contribution in [0.2, 0.25) is 0 Å². The number of hydrogen-bond donors (Lipinski definition) is 0. The standard InChI is InChI=1S/C36H22B2N2O2/c1-7-21-33-23(11-1)25-13-9-17-29(35(25)41-33)37-27-15-3-5-19-31(27)39-32-20-6-4-16-28(32)38(40(37)39)30-18-10-14-26-24-12-2-8-22-34(24)42-36(26)30/h1-22H. The molecule has 2 aliphatic rings. The van der Waals surface area contributed by atoms with Gasteiger partial charge in [-0.1, -0.05) is 109 Å². The number of benzene rings is 6. The van der Waals surface area contributed by atoms with E-state index in [9.17, 15) is 0 Å². The summed E-state index contributed by atoms with van der Waals surface area (Å²) in [5.74, 6) is 0. The van der Waals surface area contributed by atoms with Crippen LogP contribution in [0.1, 0.15) is 0 Å². The molecule has 0 fully saturated rings. The number of rotatable bonds is 2. The van der Waals surface area contributed by atoms with Crippen LogP contribution >= 0.6 is 0 Å². The lowest BCUT2D eigenvalue weighted by atomic mass is 9.39. The molecule has 4 nitrogen and oxygen atoms in total. The summed E-state index contributed by atoms with van der Waals surface area (Å²) in [5.41, 5.74) is 11.0. The van der Waals surface area contributed by atoms with Crippen LogP contribution < -0.4 is 26.9 Å². The van der Waals surface area contributed by atoms with Gasteiger partial charge in [-0.2, -0.15) is 0 Å². The Hall–Kier alpha value is -5.19. The molecule has 0 N–H and O–H groups in total. The molecular formula is C36H22B2N2O2. The first kappa shape index (κ1) is 22.5. The van der Waals surface area contributed by atoms with Crippen LogP contribution in [0.4, 0.5) is 11.4 Å². The zero-order valence-electron chi connectivity index (χ0n) is 22.6. The van der Waals surface area contributed by atoms with Gasteiger partial charge in [-0.25, -0.2) is 0 Å². The Labute approximate surface area is 242 Å². The first-order chi connectivity index (χ1) is 20.9. The average molecular weight is 536 g/mol. The molecule has 194 valence electrons. The Morgan fingerprint density at radius 3 is 1.31 bits per heavy atom. The van der Waals surface area contributed by atoms with E-state index >= 15 is 0 Å². The monoisotopic (exact) mass is 536 g/mol. The predicted octanol–water partition coefficient (Wildman–Crippen LogP) is 6.08. The molecule has 0 spiro atoms. The quantitative estimate of drug-likeness (QED) is 0.251. The highest BCUT2D eigenvalue weighted by atomic mass is 16.3. The van der Waals surface area contributed by atoms with E-state index < -0.39 is 0 Å². The number of nitrogens with zero attached hydrogens (tertiary/aromatic N) is 2. The van der Waals surface area contributed by atoms with Gasteiger partial charge in [0.2, 0.25) is 0 Å². The lowest BCUT2D eigenvalue weighted by molar-refractivity contribution is 0.668. The first-order valence-electron chi connectivity index (χ1n) is 14.4. The van der Waals surface area contributed by atoms with Crippen molar-refractivity contribution in [2.24, 2.45) is 0 Å². The second-order valence-electron chi connectivity index (χ2n) is 11.3. The fourth-order valence-electron chi connectivity index (χ4n) is 7.46. The average Bonchev–Trinajstić information content (AvgIpc) is 3.78. The van der Waals surface area contributed by atoms with Crippen molar-refractivity contribution in [2.75, 3.05) is 5.01 Å². The number of anilines is 2. The maximum absolute atomic E-state index is 6.62. The second-order valence-corrected chi connectivity index (χ2v) is 11.3. The van der Waals surface area contributed by atoms with E-state index in [1.165, 1.54) is 22.3 Å². The normalized spacial score (nSPS) is 14.4. The molecule has 2 aliphatic heterocycles. The molecule has 42 heavy (non-hydrogen) atoms. The molecule has 0 bridgehead atoms. The van der Waals surface area contributed by atoms with Crippen LogP contribution in [-0.2, 0) is 0 Å². The molecule has 6 aromatic carbocycles. The van der Waals surface area contributed by atoms with E-state index in [0.717, 1.165) is 54.8 Å². The molecule has 10 rings (SSSR count). The zero-order valence-corrected chi connectivity index (χ0v) is 22.6. The second kappa shape index (κ2) is 8.19. The van der Waals surface area contributed by atoms with Crippen LogP contribution in [0.5, 0.6) is 0 Å². The minimum Gasteiger partial charge on any atom is -0.457 e. The summed E-state index contributed by atoms with van der Waals surface area (Å²) in [7, 11) is 0. The van der Waals surface area contributed by atoms with Crippen molar-refractivity contribution in [1.82, 2.24) is 4.83 Å². The lowest BCUT2D eigenvalue weighted by Gasteiger charge is -2.31. The summed E-state index contributed by atoms with van der Waals surface area (Å²) in [4.78, 5) is 2.54. The summed E-state index contributed by atoms with van der Waals surface area (Å²) < 4.78 is 13.2. The maximum Gasteiger partial charge on any atom is 0.306 e. The highest BCUT2D eigenvalue weighted by molar-refractivity contribution is 7.01. The van der Waals surface area contributed by atoms with Gasteiger partial charge in [0.05, 0.1) is 11.4 Å². The Morgan fingerprint density at radius 1 is 0.381 bits per heavy atom. The third-order valence-electron chi connectivity index (χ3n) is 9.14. The molecule has 0 saturated carbocycles. The Bertz CT molecular complexity index is 2210. The molecule has 8 aromatic rings. The van der Waals surface area contributed by atoms with E-state index in [2.05, 4.69) is 131 Å². The van der Waals surface area contributed by atoms with Crippen molar-refractivity contribution in [3.63, 3.8) is 0 Å². The van der Waals surface area contributed by atoms with E-state index in [1.54, 1.807) is 0 Å². The van der Waals surface area contributed by atoms with Crippen molar-refractivity contribution in [3.05, 3.63) is 133 Å². The summed E-state index contributed by atoms with van der Waals surface area (Å²) in [5, 5.41) is 7.00. The van der Waals surface area contributed by atoms with Gasteiger partial charge < -0.3 is 8.83 Å². The van der Waals surface area contributed by atoms with E-state index in [-0.39, 0.29) is 13.7 Å². The molecule has 0 aliphatic carbocycles. The summed E-state index contributed by atoms with van der Waals surface area (Å²) in [6.07, 6.45) is 0. The van der Waals surface area contributed by atoms with Crippen molar-refractivity contribution < 1.29 is 8.83 Å². The number of hydrazine groups is 1. The number of hydrogen-bond acceptors (Lipinski definition) is 4. The zero-order chi connectivity index (χ0) is 27.4. The third-order valence-corrected chi connectivity index (χ3v) is 9.14. The van der Waals surface area contributed by atoms with Gasteiger partial charge >= 0.3 is 13.7 Å². The molecular weight excluding hydrogens is 514 g/mol. The minimum absolute atomic E-state index is 0.0671. The molecule has 0 saturated heterocycles. The largest absolute Gasteiger partial charge is 0.457 e. The van der Waals surface area contributed by atoms with Crippen molar-refractivity contribution in [1.29, 1.82) is 0 Å². The Balaban J connectivity index is 1.28. The number of furan rings is 2. The smallest absolute Gasteiger partial charge is 0.306 e. The van der Waals surface area contributed by atoms with Gasteiger partial charge in [0.25, 0.3) is 0 Å². The van der Waals surface area contributed by atoms with Crippen LogP contribution in [0.25, 0.3) is 43.9 Å². The van der Waals surface area contributed by atoms with Crippen molar-refractivity contribution in [2.45, 2.75) is 0 Å². The van der Waals surface area contributed by atoms with Crippen LogP contribution in [0, 0.1) is 0 Å². The molecule has 4 heterocycles. The minimum atomic E-state index is -0.0671. The predicted molar refractivity (Wildman–Crippen MR) is 174 cm³/mol. The van der Waals surface area contributed by atoms with Gasteiger partial charge in [-0.15, -0.1) is 0 Å². The van der Waals surface area contributed by atoms with Gasteiger partial charge in [0, 0.05) is 21.5 Å². The fourth-order valence-corrected chi connectivity index (χ4v) is 7.46. The Morgan fingerprint density at radius 2 is 0.786 bits per heavy atom. The molecule has 0 unspecified atom stereocenters. The fraction of sp³-hybridized carbons (Fsp3) is 0. The number of fused-ring (bicyclic) bond motifs is 11. The highest BCUT2D eigenvalue weighted by Crippen LogP contribution is 2.39. The van der Waals surface area contributed by atoms with Gasteiger partial charge in [0.1, 0.15) is 22.3 Å².